The van der Waals surface area contributed by atoms with Crippen molar-refractivity contribution in [3.05, 3.63) is 24.0 Å². The highest BCUT2D eigenvalue weighted by atomic mass is 28.4. The van der Waals surface area contributed by atoms with Crippen LogP contribution in [0.15, 0.2) is 18.2 Å². The summed E-state index contributed by atoms with van der Waals surface area (Å²) in [6.07, 6.45) is -2.85. The number of halogens is 2. The van der Waals surface area contributed by atoms with Crippen LogP contribution in [0, 0.1) is 0 Å². The average Bonchev–Trinajstić information content (AvgIpc) is 3.30. The fraction of sp³-hybridized carbons (Fsp3) is 0.600. The van der Waals surface area contributed by atoms with E-state index in [-0.39, 0.29) is 11.0 Å². The molecular formula is C25H35F2N7O3Si. The standard InChI is InChI=1S/C25H35F2N7O3Si/c1-25(2,3)38(4,5)37-18-8-6-7-17-19(18)28-21(20(26)27)34(17)24-30-22(32-9-13-35-14-10-32)29-23(31-24)33-11-15-36-16-12-33/h6-8,20H,9-16H2,1-5H3. The zero-order valence-electron chi connectivity index (χ0n) is 22.6. The topological polar surface area (TPSA) is 90.7 Å². The summed E-state index contributed by atoms with van der Waals surface area (Å²) in [5, 5.41) is -0.0718. The molecule has 0 amide bonds. The highest BCUT2D eigenvalue weighted by Crippen LogP contribution is 2.40. The first-order valence-corrected chi connectivity index (χ1v) is 15.9. The number of para-hydroxylation sites is 1. The monoisotopic (exact) mass is 547 g/mol. The van der Waals surface area contributed by atoms with Gasteiger partial charge in [-0.1, -0.05) is 26.8 Å². The third-order valence-electron chi connectivity index (χ3n) is 7.43. The van der Waals surface area contributed by atoms with Crippen LogP contribution in [0.5, 0.6) is 5.75 Å². The molecule has 2 aliphatic rings. The van der Waals surface area contributed by atoms with E-state index in [4.69, 9.17) is 18.9 Å². The van der Waals surface area contributed by atoms with Gasteiger partial charge in [-0.15, -0.1) is 0 Å². The Balaban J connectivity index is 1.67. The highest BCUT2D eigenvalue weighted by Gasteiger charge is 2.40. The third-order valence-corrected chi connectivity index (χ3v) is 11.8. The second-order valence-corrected chi connectivity index (χ2v) is 15.8. The molecule has 13 heteroatoms. The lowest BCUT2D eigenvalue weighted by molar-refractivity contribution is 0.121. The Bertz CT molecular complexity index is 1250. The van der Waals surface area contributed by atoms with Crippen LogP contribution in [0.25, 0.3) is 17.0 Å². The van der Waals surface area contributed by atoms with Crippen molar-refractivity contribution in [1.29, 1.82) is 0 Å². The SMILES string of the molecule is CC(C)(C)[Si](C)(C)Oc1cccc2c1nc(C(F)F)n2-c1nc(N2CCOCC2)nc(N2CCOCC2)n1. The number of benzene rings is 1. The van der Waals surface area contributed by atoms with E-state index < -0.39 is 20.6 Å². The van der Waals surface area contributed by atoms with Gasteiger partial charge in [0.1, 0.15) is 11.3 Å². The molecule has 0 aliphatic carbocycles. The molecule has 38 heavy (non-hydrogen) atoms. The first-order chi connectivity index (χ1) is 18.0. The van der Waals surface area contributed by atoms with Crippen molar-refractivity contribution >= 4 is 31.2 Å². The van der Waals surface area contributed by atoms with Crippen molar-refractivity contribution in [3.8, 4) is 11.7 Å². The fourth-order valence-electron chi connectivity index (χ4n) is 4.21. The van der Waals surface area contributed by atoms with E-state index in [1.165, 1.54) is 4.57 Å². The van der Waals surface area contributed by atoms with Gasteiger partial charge in [-0.05, 0) is 30.3 Å². The molecule has 0 radical (unpaired) electrons. The summed E-state index contributed by atoms with van der Waals surface area (Å²) in [4.78, 5) is 22.4. The summed E-state index contributed by atoms with van der Waals surface area (Å²) in [6, 6.07) is 5.34. The van der Waals surface area contributed by atoms with Crippen LogP contribution in [0.4, 0.5) is 20.7 Å². The Kier molecular flexibility index (Phi) is 7.26. The molecule has 2 aromatic heterocycles. The van der Waals surface area contributed by atoms with Crippen molar-refractivity contribution in [2.75, 3.05) is 62.4 Å². The summed E-state index contributed by atoms with van der Waals surface area (Å²) < 4.78 is 47.8. The molecule has 0 saturated carbocycles. The Morgan fingerprint density at radius 3 is 1.87 bits per heavy atom. The molecule has 0 spiro atoms. The predicted octanol–water partition coefficient (Wildman–Crippen LogP) is 4.21. The molecule has 0 unspecified atom stereocenters. The lowest BCUT2D eigenvalue weighted by atomic mass is 10.2. The maximum Gasteiger partial charge on any atom is 0.296 e. The maximum absolute atomic E-state index is 14.5. The molecule has 0 N–H and O–H groups in total. The second kappa shape index (κ2) is 10.3. The Hall–Kier alpha value is -2.90. The first-order valence-electron chi connectivity index (χ1n) is 13.0. The molecule has 3 aromatic rings. The molecule has 0 bridgehead atoms. The van der Waals surface area contributed by atoms with Gasteiger partial charge in [-0.3, -0.25) is 4.57 Å². The number of morpholine rings is 2. The van der Waals surface area contributed by atoms with E-state index in [1.807, 2.05) is 9.80 Å². The molecule has 2 saturated heterocycles. The number of alkyl halides is 2. The van der Waals surface area contributed by atoms with E-state index in [9.17, 15) is 8.78 Å². The number of imidazole rings is 1. The number of ether oxygens (including phenoxy) is 2. The molecular weight excluding hydrogens is 512 g/mol. The molecule has 1 aromatic carbocycles. The van der Waals surface area contributed by atoms with Crippen LogP contribution in [0.2, 0.25) is 18.1 Å². The van der Waals surface area contributed by atoms with Gasteiger partial charge in [-0.25, -0.2) is 13.8 Å². The molecule has 206 valence electrons. The Morgan fingerprint density at radius 2 is 1.37 bits per heavy atom. The van der Waals surface area contributed by atoms with Crippen LogP contribution >= 0.6 is 0 Å². The highest BCUT2D eigenvalue weighted by molar-refractivity contribution is 6.74. The smallest absolute Gasteiger partial charge is 0.296 e. The van der Waals surface area contributed by atoms with Crippen molar-refractivity contribution in [1.82, 2.24) is 24.5 Å². The van der Waals surface area contributed by atoms with E-state index in [1.54, 1.807) is 18.2 Å². The number of hydrogen-bond donors (Lipinski definition) is 0. The van der Waals surface area contributed by atoms with Gasteiger partial charge in [0, 0.05) is 26.2 Å². The first kappa shape index (κ1) is 26.7. The van der Waals surface area contributed by atoms with Gasteiger partial charge in [0.25, 0.3) is 14.7 Å². The lowest BCUT2D eigenvalue weighted by Gasteiger charge is -2.36. The lowest BCUT2D eigenvalue weighted by Crippen LogP contribution is -2.43. The van der Waals surface area contributed by atoms with Crippen molar-refractivity contribution in [2.45, 2.75) is 45.3 Å². The van der Waals surface area contributed by atoms with E-state index >= 15 is 0 Å². The summed E-state index contributed by atoms with van der Waals surface area (Å²) in [6.45, 7) is 15.2. The van der Waals surface area contributed by atoms with Gasteiger partial charge >= 0.3 is 0 Å². The summed E-state index contributed by atoms with van der Waals surface area (Å²) >= 11 is 0. The summed E-state index contributed by atoms with van der Waals surface area (Å²) in [5.74, 6) is 1.01. The quantitative estimate of drug-likeness (QED) is 0.421. The van der Waals surface area contributed by atoms with Crippen LogP contribution in [0.1, 0.15) is 33.0 Å². The van der Waals surface area contributed by atoms with Crippen LogP contribution in [-0.2, 0) is 9.47 Å². The number of nitrogens with zero attached hydrogens (tertiary/aromatic N) is 7. The maximum atomic E-state index is 14.5. The van der Waals surface area contributed by atoms with Gasteiger partial charge in [0.05, 0.1) is 31.9 Å². The number of rotatable bonds is 6. The average molecular weight is 548 g/mol. The molecule has 2 fully saturated rings. The minimum atomic E-state index is -2.85. The Labute approximate surface area is 222 Å². The molecule has 0 atom stereocenters. The second-order valence-electron chi connectivity index (χ2n) is 11.0. The molecule has 4 heterocycles. The molecule has 10 nitrogen and oxygen atoms in total. The van der Waals surface area contributed by atoms with E-state index in [0.29, 0.717) is 81.3 Å². The van der Waals surface area contributed by atoms with Crippen LogP contribution in [0.3, 0.4) is 0 Å². The van der Waals surface area contributed by atoms with Gasteiger partial charge < -0.3 is 23.7 Å². The molecule has 5 rings (SSSR count). The van der Waals surface area contributed by atoms with Crippen LogP contribution < -0.4 is 14.2 Å². The van der Waals surface area contributed by atoms with Gasteiger partial charge in [0.2, 0.25) is 17.8 Å². The van der Waals surface area contributed by atoms with Crippen molar-refractivity contribution < 1.29 is 22.7 Å². The number of fused-ring (bicyclic) bond motifs is 1. The number of aromatic nitrogens is 5. The van der Waals surface area contributed by atoms with E-state index in [0.717, 1.165) is 0 Å². The van der Waals surface area contributed by atoms with E-state index in [2.05, 4.69) is 48.8 Å². The molecule has 2 aliphatic heterocycles. The minimum Gasteiger partial charge on any atom is -0.542 e. The largest absolute Gasteiger partial charge is 0.542 e. The van der Waals surface area contributed by atoms with Crippen molar-refractivity contribution in [2.24, 2.45) is 0 Å². The van der Waals surface area contributed by atoms with Gasteiger partial charge in [0.15, 0.2) is 5.82 Å². The predicted molar refractivity (Wildman–Crippen MR) is 143 cm³/mol. The summed E-state index contributed by atoms with van der Waals surface area (Å²) in [7, 11) is -2.26. The van der Waals surface area contributed by atoms with Crippen molar-refractivity contribution in [3.63, 3.8) is 0 Å². The Morgan fingerprint density at radius 1 is 0.842 bits per heavy atom. The minimum absolute atomic E-state index is 0.0718. The zero-order chi connectivity index (χ0) is 27.1. The van der Waals surface area contributed by atoms with Gasteiger partial charge in [-0.2, -0.15) is 15.0 Å². The number of hydrogen-bond acceptors (Lipinski definition) is 9. The summed E-state index contributed by atoms with van der Waals surface area (Å²) in [5.41, 5.74) is 0.831. The number of anilines is 2. The zero-order valence-corrected chi connectivity index (χ0v) is 23.6. The van der Waals surface area contributed by atoms with Crippen LogP contribution in [-0.4, -0.2) is 85.4 Å². The normalized spacial score (nSPS) is 17.5. The third kappa shape index (κ3) is 5.18. The fourth-order valence-corrected chi connectivity index (χ4v) is 5.23.